The van der Waals surface area contributed by atoms with Crippen molar-refractivity contribution in [3.8, 4) is 0 Å². The summed E-state index contributed by atoms with van der Waals surface area (Å²) in [7, 11) is 0. The zero-order chi connectivity index (χ0) is 9.14. The third-order valence-corrected chi connectivity index (χ3v) is 2.38. The molecule has 12 heavy (non-hydrogen) atoms. The summed E-state index contributed by atoms with van der Waals surface area (Å²) in [6.45, 7) is 7.91. The molecule has 66 valence electrons. The van der Waals surface area contributed by atoms with E-state index in [1.54, 1.807) is 0 Å². The Morgan fingerprint density at radius 3 is 2.58 bits per heavy atom. The van der Waals surface area contributed by atoms with E-state index in [1.807, 2.05) is 6.92 Å². The van der Waals surface area contributed by atoms with Crippen LogP contribution in [0, 0.1) is 0 Å². The minimum absolute atomic E-state index is 0.355. The summed E-state index contributed by atoms with van der Waals surface area (Å²) in [5.74, 6) is 0.355. The van der Waals surface area contributed by atoms with Crippen LogP contribution in [0.3, 0.4) is 0 Å². The van der Waals surface area contributed by atoms with Gasteiger partial charge in [-0.25, -0.2) is 0 Å². The van der Waals surface area contributed by atoms with E-state index in [1.165, 1.54) is 5.57 Å². The summed E-state index contributed by atoms with van der Waals surface area (Å²) in [6.07, 6.45) is 3.57. The summed E-state index contributed by atoms with van der Waals surface area (Å²) >= 11 is 0. The molecule has 0 amide bonds. The van der Waals surface area contributed by atoms with Gasteiger partial charge in [-0.1, -0.05) is 11.1 Å². The van der Waals surface area contributed by atoms with E-state index in [0.29, 0.717) is 5.78 Å². The fourth-order valence-corrected chi connectivity index (χ4v) is 1.53. The first kappa shape index (κ1) is 9.24. The van der Waals surface area contributed by atoms with E-state index < -0.39 is 0 Å². The number of Topliss-reactive ketones (excluding diaryl/α,β-unsaturated/α-hetero) is 1. The lowest BCUT2D eigenvalue weighted by molar-refractivity contribution is -0.115. The maximum atomic E-state index is 11.3. The van der Waals surface area contributed by atoms with Crippen molar-refractivity contribution >= 4 is 5.78 Å². The van der Waals surface area contributed by atoms with E-state index in [4.69, 9.17) is 0 Å². The van der Waals surface area contributed by atoms with Gasteiger partial charge in [0, 0.05) is 6.42 Å². The third kappa shape index (κ3) is 2.07. The Balaban J connectivity index is 2.56. The Morgan fingerprint density at radius 1 is 1.50 bits per heavy atom. The molecule has 0 saturated heterocycles. The molecule has 0 saturated carbocycles. The minimum atomic E-state index is 0.355. The number of carbonyl (C=O) groups excluding carboxylic acids is 1. The summed E-state index contributed by atoms with van der Waals surface area (Å²) < 4.78 is 0. The van der Waals surface area contributed by atoms with Crippen LogP contribution in [0.4, 0.5) is 0 Å². The van der Waals surface area contributed by atoms with E-state index in [-0.39, 0.29) is 0 Å². The maximum absolute atomic E-state index is 11.3. The zero-order valence-corrected chi connectivity index (χ0v) is 7.94. The standard InChI is InChI=1S/C11H16O/c1-8(2)4-6-10-9(3)5-7-11(10)12/h1,4-7H2,2-3H3. The van der Waals surface area contributed by atoms with Crippen LogP contribution in [-0.2, 0) is 4.79 Å². The SMILES string of the molecule is C=C(C)CCC1=C(C)CCC1=O. The van der Waals surface area contributed by atoms with Crippen molar-refractivity contribution in [2.24, 2.45) is 0 Å². The van der Waals surface area contributed by atoms with Gasteiger partial charge in [0.05, 0.1) is 0 Å². The highest BCUT2D eigenvalue weighted by Gasteiger charge is 2.18. The van der Waals surface area contributed by atoms with Crippen LogP contribution in [-0.4, -0.2) is 5.78 Å². The van der Waals surface area contributed by atoms with Gasteiger partial charge in [-0.05, 0) is 38.7 Å². The van der Waals surface area contributed by atoms with E-state index in [9.17, 15) is 4.79 Å². The normalized spacial score (nSPS) is 17.3. The lowest BCUT2D eigenvalue weighted by Crippen LogP contribution is -1.96. The number of allylic oxidation sites excluding steroid dienone is 3. The molecule has 0 atom stereocenters. The monoisotopic (exact) mass is 164 g/mol. The van der Waals surface area contributed by atoms with E-state index >= 15 is 0 Å². The minimum Gasteiger partial charge on any atom is -0.295 e. The van der Waals surface area contributed by atoms with Gasteiger partial charge >= 0.3 is 0 Å². The van der Waals surface area contributed by atoms with Crippen LogP contribution in [0.1, 0.15) is 39.5 Å². The van der Waals surface area contributed by atoms with Crippen molar-refractivity contribution in [3.63, 3.8) is 0 Å². The van der Waals surface area contributed by atoms with E-state index in [0.717, 1.165) is 36.8 Å². The van der Waals surface area contributed by atoms with Crippen molar-refractivity contribution in [1.29, 1.82) is 0 Å². The first-order valence-electron chi connectivity index (χ1n) is 4.47. The second kappa shape index (κ2) is 3.70. The van der Waals surface area contributed by atoms with Gasteiger partial charge in [-0.3, -0.25) is 4.79 Å². The van der Waals surface area contributed by atoms with Gasteiger partial charge in [0.1, 0.15) is 0 Å². The van der Waals surface area contributed by atoms with Crippen LogP contribution >= 0.6 is 0 Å². The molecular formula is C11H16O. The largest absolute Gasteiger partial charge is 0.295 e. The first-order chi connectivity index (χ1) is 5.61. The molecule has 0 aromatic rings. The lowest BCUT2D eigenvalue weighted by atomic mass is 10.0. The molecule has 0 radical (unpaired) electrons. The zero-order valence-electron chi connectivity index (χ0n) is 7.94. The van der Waals surface area contributed by atoms with Crippen LogP contribution in [0.5, 0.6) is 0 Å². The molecular weight excluding hydrogens is 148 g/mol. The van der Waals surface area contributed by atoms with Crippen LogP contribution in [0.15, 0.2) is 23.3 Å². The molecule has 0 heterocycles. The predicted octanol–water partition coefficient (Wildman–Crippen LogP) is 3.02. The highest BCUT2D eigenvalue weighted by atomic mass is 16.1. The van der Waals surface area contributed by atoms with Crippen molar-refractivity contribution < 1.29 is 4.79 Å². The van der Waals surface area contributed by atoms with Gasteiger partial charge in [0.2, 0.25) is 0 Å². The summed E-state index contributed by atoms with van der Waals surface area (Å²) in [5.41, 5.74) is 3.52. The smallest absolute Gasteiger partial charge is 0.159 e. The van der Waals surface area contributed by atoms with Gasteiger partial charge in [-0.15, -0.1) is 6.58 Å². The average Bonchev–Trinajstić information content (AvgIpc) is 2.28. The molecule has 1 heteroatoms. The maximum Gasteiger partial charge on any atom is 0.159 e. The van der Waals surface area contributed by atoms with E-state index in [2.05, 4.69) is 13.5 Å². The Labute approximate surface area is 74.2 Å². The van der Waals surface area contributed by atoms with Crippen LogP contribution < -0.4 is 0 Å². The van der Waals surface area contributed by atoms with Gasteiger partial charge in [-0.2, -0.15) is 0 Å². The van der Waals surface area contributed by atoms with Crippen molar-refractivity contribution in [1.82, 2.24) is 0 Å². The molecule has 1 aliphatic rings. The Hall–Kier alpha value is -0.850. The van der Waals surface area contributed by atoms with Crippen molar-refractivity contribution in [3.05, 3.63) is 23.3 Å². The Kier molecular flexibility index (Phi) is 2.85. The molecule has 0 bridgehead atoms. The van der Waals surface area contributed by atoms with Crippen molar-refractivity contribution in [2.45, 2.75) is 39.5 Å². The summed E-state index contributed by atoms with van der Waals surface area (Å²) in [4.78, 5) is 11.3. The fourth-order valence-electron chi connectivity index (χ4n) is 1.53. The molecule has 0 unspecified atom stereocenters. The predicted molar refractivity (Wildman–Crippen MR) is 51.0 cm³/mol. The molecule has 1 nitrogen and oxygen atoms in total. The second-order valence-corrected chi connectivity index (χ2v) is 3.64. The summed E-state index contributed by atoms with van der Waals surface area (Å²) in [5, 5.41) is 0. The Bertz CT molecular complexity index is 246. The van der Waals surface area contributed by atoms with Crippen LogP contribution in [0.25, 0.3) is 0 Å². The molecule has 0 aromatic heterocycles. The third-order valence-electron chi connectivity index (χ3n) is 2.38. The second-order valence-electron chi connectivity index (χ2n) is 3.64. The molecule has 0 aliphatic heterocycles. The molecule has 0 spiro atoms. The number of rotatable bonds is 3. The number of hydrogen-bond acceptors (Lipinski definition) is 1. The summed E-state index contributed by atoms with van der Waals surface area (Å²) in [6, 6.07) is 0. The highest BCUT2D eigenvalue weighted by molar-refractivity contribution is 5.98. The molecule has 1 rings (SSSR count). The molecule has 0 aromatic carbocycles. The first-order valence-corrected chi connectivity index (χ1v) is 4.47. The van der Waals surface area contributed by atoms with Crippen LogP contribution in [0.2, 0.25) is 0 Å². The van der Waals surface area contributed by atoms with Gasteiger partial charge < -0.3 is 0 Å². The Morgan fingerprint density at radius 2 is 2.17 bits per heavy atom. The molecule has 0 N–H and O–H groups in total. The number of hydrogen-bond donors (Lipinski definition) is 0. The number of carbonyl (C=O) groups is 1. The van der Waals surface area contributed by atoms with Crippen molar-refractivity contribution in [2.75, 3.05) is 0 Å². The average molecular weight is 164 g/mol. The molecule has 0 fully saturated rings. The molecule has 1 aliphatic carbocycles. The van der Waals surface area contributed by atoms with Gasteiger partial charge in [0.25, 0.3) is 0 Å². The van der Waals surface area contributed by atoms with Gasteiger partial charge in [0.15, 0.2) is 5.78 Å². The highest BCUT2D eigenvalue weighted by Crippen LogP contribution is 2.26. The topological polar surface area (TPSA) is 17.1 Å². The lowest BCUT2D eigenvalue weighted by Gasteiger charge is -2.01. The number of ketones is 1. The fraction of sp³-hybridized carbons (Fsp3) is 0.545. The quantitative estimate of drug-likeness (QED) is 0.586.